The molecule has 0 radical (unpaired) electrons. The number of aliphatic hydroxyl groups is 1. The van der Waals surface area contributed by atoms with Crippen LogP contribution in [0.3, 0.4) is 0 Å². The van der Waals surface area contributed by atoms with Crippen molar-refractivity contribution in [2.45, 2.75) is 70.0 Å². The minimum Gasteiger partial charge on any atom is -0.395 e. The number of nitrogens with zero attached hydrogens (tertiary/aromatic N) is 2. The normalized spacial score (nSPS) is 32.3. The Balaban J connectivity index is 2.14. The molecule has 0 aromatic rings. The Kier molecular flexibility index (Phi) is 4.68. The highest BCUT2D eigenvalue weighted by Gasteiger charge is 2.41. The van der Waals surface area contributed by atoms with Gasteiger partial charge in [-0.2, -0.15) is 0 Å². The average Bonchev–Trinajstić information content (AvgIpc) is 2.55. The molecule has 2 fully saturated rings. The second kappa shape index (κ2) is 5.89. The van der Waals surface area contributed by atoms with Crippen LogP contribution in [-0.4, -0.2) is 59.3 Å². The maximum absolute atomic E-state index is 9.74. The van der Waals surface area contributed by atoms with E-state index >= 15 is 0 Å². The van der Waals surface area contributed by atoms with Crippen molar-refractivity contribution >= 4 is 0 Å². The van der Waals surface area contributed by atoms with E-state index in [0.717, 1.165) is 13.1 Å². The maximum Gasteiger partial charge on any atom is 0.0599 e. The van der Waals surface area contributed by atoms with Crippen LogP contribution in [0.1, 0.15) is 52.4 Å². The molecule has 1 N–H and O–H groups in total. The number of aliphatic hydroxyl groups excluding tert-OH is 1. The van der Waals surface area contributed by atoms with Crippen LogP contribution in [-0.2, 0) is 0 Å². The molecule has 0 amide bonds. The molecule has 1 heterocycles. The molecule has 1 saturated heterocycles. The predicted molar refractivity (Wildman–Crippen MR) is 75.8 cm³/mol. The van der Waals surface area contributed by atoms with Gasteiger partial charge in [0.05, 0.1) is 6.61 Å². The number of piperazine rings is 1. The summed E-state index contributed by atoms with van der Waals surface area (Å²) in [5.41, 5.74) is 0.190. The van der Waals surface area contributed by atoms with Gasteiger partial charge in [-0.1, -0.05) is 25.7 Å². The first-order chi connectivity index (χ1) is 8.54. The first-order valence-electron chi connectivity index (χ1n) is 7.62. The third-order valence-corrected chi connectivity index (χ3v) is 4.70. The average molecular weight is 254 g/mol. The highest BCUT2D eigenvalue weighted by molar-refractivity contribution is 4.98. The first kappa shape index (κ1) is 14.3. The lowest BCUT2D eigenvalue weighted by molar-refractivity contribution is -0.0670. The molecule has 106 valence electrons. The molecular weight excluding hydrogens is 224 g/mol. The molecule has 1 saturated carbocycles. The fraction of sp³-hybridized carbons (Fsp3) is 1.00. The van der Waals surface area contributed by atoms with Crippen LogP contribution in [0.25, 0.3) is 0 Å². The van der Waals surface area contributed by atoms with Crippen LogP contribution in [0.4, 0.5) is 0 Å². The van der Waals surface area contributed by atoms with Gasteiger partial charge >= 0.3 is 0 Å². The summed E-state index contributed by atoms with van der Waals surface area (Å²) in [4.78, 5) is 5.02. The standard InChI is InChI=1S/C15H30N2O/c1-15(2)12-16(3)10-14(11-18)17(15)13-8-6-4-5-7-9-13/h13-14,18H,4-12H2,1-3H3. The Labute approximate surface area is 112 Å². The zero-order chi connectivity index (χ0) is 13.2. The maximum atomic E-state index is 9.74. The van der Waals surface area contributed by atoms with Crippen LogP contribution in [0, 0.1) is 0 Å². The fourth-order valence-electron chi connectivity index (χ4n) is 4.22. The van der Waals surface area contributed by atoms with E-state index in [2.05, 4.69) is 30.7 Å². The lowest BCUT2D eigenvalue weighted by Crippen LogP contribution is -2.66. The lowest BCUT2D eigenvalue weighted by atomic mass is 9.90. The second-order valence-electron chi connectivity index (χ2n) is 6.90. The fourth-order valence-corrected chi connectivity index (χ4v) is 4.22. The summed E-state index contributed by atoms with van der Waals surface area (Å²) in [5.74, 6) is 0. The Hall–Kier alpha value is -0.120. The van der Waals surface area contributed by atoms with E-state index in [1.54, 1.807) is 0 Å². The van der Waals surface area contributed by atoms with Crippen molar-refractivity contribution < 1.29 is 5.11 Å². The van der Waals surface area contributed by atoms with Gasteiger partial charge in [-0.15, -0.1) is 0 Å². The Bertz CT molecular complexity index is 259. The minimum absolute atomic E-state index is 0.190. The van der Waals surface area contributed by atoms with Crippen LogP contribution in [0.15, 0.2) is 0 Å². The molecule has 2 rings (SSSR count). The Morgan fingerprint density at radius 1 is 1.11 bits per heavy atom. The van der Waals surface area contributed by atoms with E-state index in [9.17, 15) is 5.11 Å². The highest BCUT2D eigenvalue weighted by Crippen LogP contribution is 2.32. The largest absolute Gasteiger partial charge is 0.395 e. The van der Waals surface area contributed by atoms with E-state index in [1.807, 2.05) is 0 Å². The van der Waals surface area contributed by atoms with Crippen LogP contribution in [0.2, 0.25) is 0 Å². The Morgan fingerprint density at radius 3 is 2.28 bits per heavy atom. The number of hydrogen-bond acceptors (Lipinski definition) is 3. The van der Waals surface area contributed by atoms with E-state index in [1.165, 1.54) is 38.5 Å². The molecule has 1 aliphatic heterocycles. The van der Waals surface area contributed by atoms with E-state index in [4.69, 9.17) is 0 Å². The van der Waals surface area contributed by atoms with Gasteiger partial charge in [0.25, 0.3) is 0 Å². The molecule has 3 heteroatoms. The summed E-state index contributed by atoms with van der Waals surface area (Å²) < 4.78 is 0. The van der Waals surface area contributed by atoms with Gasteiger partial charge in [-0.3, -0.25) is 4.90 Å². The van der Waals surface area contributed by atoms with Crippen molar-refractivity contribution in [1.29, 1.82) is 0 Å². The van der Waals surface area contributed by atoms with Crippen molar-refractivity contribution in [3.05, 3.63) is 0 Å². The molecule has 0 aromatic carbocycles. The van der Waals surface area contributed by atoms with Gasteiger partial charge < -0.3 is 10.0 Å². The molecule has 0 aromatic heterocycles. The summed E-state index contributed by atoms with van der Waals surface area (Å²) >= 11 is 0. The quantitative estimate of drug-likeness (QED) is 0.765. The lowest BCUT2D eigenvalue weighted by Gasteiger charge is -2.54. The molecular formula is C15H30N2O. The van der Waals surface area contributed by atoms with Gasteiger partial charge in [0, 0.05) is 30.7 Å². The molecule has 1 unspecified atom stereocenters. The Morgan fingerprint density at radius 2 is 1.72 bits per heavy atom. The monoisotopic (exact) mass is 254 g/mol. The predicted octanol–water partition coefficient (Wildman–Crippen LogP) is 2.10. The zero-order valence-corrected chi connectivity index (χ0v) is 12.4. The molecule has 0 spiro atoms. The van der Waals surface area contributed by atoms with Crippen LogP contribution < -0.4 is 0 Å². The summed E-state index contributed by atoms with van der Waals surface area (Å²) in [7, 11) is 2.18. The van der Waals surface area contributed by atoms with Crippen LogP contribution >= 0.6 is 0 Å². The molecule has 0 bridgehead atoms. The first-order valence-corrected chi connectivity index (χ1v) is 7.62. The van der Waals surface area contributed by atoms with Crippen molar-refractivity contribution in [3.8, 4) is 0 Å². The minimum atomic E-state index is 0.190. The van der Waals surface area contributed by atoms with E-state index < -0.39 is 0 Å². The molecule has 2 aliphatic rings. The van der Waals surface area contributed by atoms with Gasteiger partial charge in [0.1, 0.15) is 0 Å². The molecule has 1 atom stereocenters. The number of hydrogen-bond donors (Lipinski definition) is 1. The van der Waals surface area contributed by atoms with Crippen molar-refractivity contribution in [2.75, 3.05) is 26.7 Å². The van der Waals surface area contributed by atoms with E-state index in [0.29, 0.717) is 18.7 Å². The van der Waals surface area contributed by atoms with Gasteiger partial charge in [-0.05, 0) is 33.7 Å². The van der Waals surface area contributed by atoms with Crippen molar-refractivity contribution in [1.82, 2.24) is 9.80 Å². The summed E-state index contributed by atoms with van der Waals surface area (Å²) in [6.45, 7) is 7.10. The van der Waals surface area contributed by atoms with Crippen LogP contribution in [0.5, 0.6) is 0 Å². The molecule has 3 nitrogen and oxygen atoms in total. The second-order valence-corrected chi connectivity index (χ2v) is 6.90. The zero-order valence-electron chi connectivity index (χ0n) is 12.4. The molecule has 1 aliphatic carbocycles. The van der Waals surface area contributed by atoms with Gasteiger partial charge in [0.2, 0.25) is 0 Å². The molecule has 18 heavy (non-hydrogen) atoms. The van der Waals surface area contributed by atoms with Crippen molar-refractivity contribution in [3.63, 3.8) is 0 Å². The third-order valence-electron chi connectivity index (χ3n) is 4.70. The summed E-state index contributed by atoms with van der Waals surface area (Å²) in [6, 6.07) is 1.01. The third kappa shape index (κ3) is 3.06. The van der Waals surface area contributed by atoms with Gasteiger partial charge in [-0.25, -0.2) is 0 Å². The number of likely N-dealkylation sites (N-methyl/N-ethyl adjacent to an activating group) is 1. The highest BCUT2D eigenvalue weighted by atomic mass is 16.3. The van der Waals surface area contributed by atoms with Crippen molar-refractivity contribution in [2.24, 2.45) is 0 Å². The van der Waals surface area contributed by atoms with E-state index in [-0.39, 0.29) is 5.54 Å². The summed E-state index contributed by atoms with van der Waals surface area (Å²) in [6.07, 6.45) is 8.17. The SMILES string of the molecule is CN1CC(CO)N(C2CCCCCC2)C(C)(C)C1. The topological polar surface area (TPSA) is 26.7 Å². The number of rotatable bonds is 2. The smallest absolute Gasteiger partial charge is 0.0599 e. The van der Waals surface area contributed by atoms with Gasteiger partial charge in [0.15, 0.2) is 0 Å². The summed E-state index contributed by atoms with van der Waals surface area (Å²) in [5, 5.41) is 9.74.